The van der Waals surface area contributed by atoms with E-state index in [-0.39, 0.29) is 5.25 Å². The fourth-order valence-corrected chi connectivity index (χ4v) is 3.53. The van der Waals surface area contributed by atoms with E-state index in [4.69, 9.17) is 4.74 Å². The lowest BCUT2D eigenvalue weighted by molar-refractivity contribution is 0.142. The van der Waals surface area contributed by atoms with Gasteiger partial charge in [-0.3, -0.25) is 4.72 Å². The fourth-order valence-electron chi connectivity index (χ4n) is 2.09. The number of benzene rings is 1. The van der Waals surface area contributed by atoms with Crippen LogP contribution in [0.15, 0.2) is 30.3 Å². The molecule has 0 aromatic heterocycles. The highest BCUT2D eigenvalue weighted by Crippen LogP contribution is 2.19. The van der Waals surface area contributed by atoms with Crippen molar-refractivity contribution < 1.29 is 13.2 Å². The maximum Gasteiger partial charge on any atom is 0.238 e. The maximum absolute atomic E-state index is 12.1. The van der Waals surface area contributed by atoms with Crippen LogP contribution in [0.4, 0.5) is 5.69 Å². The summed E-state index contributed by atoms with van der Waals surface area (Å²) in [6.45, 7) is 2.82. The maximum atomic E-state index is 12.1. The first-order chi connectivity index (χ1) is 9.12. The molecule has 0 saturated carbocycles. The number of nitrogens with one attached hydrogen (secondary N) is 1. The summed E-state index contributed by atoms with van der Waals surface area (Å²) in [7, 11) is -1.59. The molecule has 106 valence electrons. The van der Waals surface area contributed by atoms with Crippen LogP contribution in [0.3, 0.4) is 0 Å². The summed E-state index contributed by atoms with van der Waals surface area (Å²) in [5, 5.41) is -0.310. The van der Waals surface area contributed by atoms with Gasteiger partial charge in [-0.15, -0.1) is 0 Å². The Balaban J connectivity index is 1.80. The highest BCUT2D eigenvalue weighted by Gasteiger charge is 2.36. The molecule has 19 heavy (non-hydrogen) atoms. The SMILES string of the molecule is COCCCN1CC(S(=O)(=O)Nc2ccccc2)C1. The van der Waals surface area contributed by atoms with E-state index in [0.717, 1.165) is 19.6 Å². The smallest absolute Gasteiger partial charge is 0.238 e. The second kappa shape index (κ2) is 6.36. The van der Waals surface area contributed by atoms with Gasteiger partial charge >= 0.3 is 0 Å². The van der Waals surface area contributed by atoms with Crippen molar-refractivity contribution in [1.29, 1.82) is 0 Å². The molecule has 1 N–H and O–H groups in total. The molecule has 1 aromatic rings. The number of methoxy groups -OCH3 is 1. The first-order valence-corrected chi connectivity index (χ1v) is 7.94. The largest absolute Gasteiger partial charge is 0.385 e. The van der Waals surface area contributed by atoms with Gasteiger partial charge in [0.1, 0.15) is 5.25 Å². The number of likely N-dealkylation sites (tertiary alicyclic amines) is 1. The van der Waals surface area contributed by atoms with Crippen molar-refractivity contribution in [3.8, 4) is 0 Å². The Morgan fingerprint density at radius 2 is 2.00 bits per heavy atom. The Morgan fingerprint density at radius 3 is 2.63 bits per heavy atom. The molecule has 1 aliphatic rings. The van der Waals surface area contributed by atoms with Crippen LogP contribution < -0.4 is 4.72 Å². The van der Waals surface area contributed by atoms with Gasteiger partial charge < -0.3 is 9.64 Å². The van der Waals surface area contributed by atoms with Crippen molar-refractivity contribution >= 4 is 15.7 Å². The van der Waals surface area contributed by atoms with Crippen LogP contribution in [0.5, 0.6) is 0 Å². The van der Waals surface area contributed by atoms with E-state index in [1.165, 1.54) is 0 Å². The van der Waals surface area contributed by atoms with E-state index in [2.05, 4.69) is 9.62 Å². The Morgan fingerprint density at radius 1 is 1.32 bits per heavy atom. The van der Waals surface area contributed by atoms with E-state index >= 15 is 0 Å². The summed E-state index contributed by atoms with van der Waals surface area (Å²) in [5.74, 6) is 0. The number of nitrogens with zero attached hydrogens (tertiary/aromatic N) is 1. The summed E-state index contributed by atoms with van der Waals surface area (Å²) in [5.41, 5.74) is 0.625. The van der Waals surface area contributed by atoms with Crippen molar-refractivity contribution in [1.82, 2.24) is 4.90 Å². The molecular formula is C13H20N2O3S. The second-order valence-corrected chi connectivity index (χ2v) is 6.70. The zero-order valence-electron chi connectivity index (χ0n) is 11.1. The summed E-state index contributed by atoms with van der Waals surface area (Å²) in [6.07, 6.45) is 0.940. The van der Waals surface area contributed by atoms with Crippen LogP contribution in [0, 0.1) is 0 Å². The third kappa shape index (κ3) is 3.92. The van der Waals surface area contributed by atoms with Crippen LogP contribution >= 0.6 is 0 Å². The van der Waals surface area contributed by atoms with E-state index in [9.17, 15) is 8.42 Å². The van der Waals surface area contributed by atoms with Gasteiger partial charge in [-0.1, -0.05) is 18.2 Å². The molecule has 1 saturated heterocycles. The molecule has 1 aliphatic heterocycles. The first-order valence-electron chi connectivity index (χ1n) is 6.40. The van der Waals surface area contributed by atoms with Gasteiger partial charge in [0.15, 0.2) is 0 Å². The third-order valence-corrected chi connectivity index (χ3v) is 4.92. The first kappa shape index (κ1) is 14.3. The van der Waals surface area contributed by atoms with Crippen molar-refractivity contribution in [2.45, 2.75) is 11.7 Å². The predicted octanol–water partition coefficient (Wildman–Crippen LogP) is 1.15. The highest BCUT2D eigenvalue weighted by molar-refractivity contribution is 7.93. The topological polar surface area (TPSA) is 58.6 Å². The standard InChI is InChI=1S/C13H20N2O3S/c1-18-9-5-8-15-10-13(11-15)19(16,17)14-12-6-3-2-4-7-12/h2-4,6-7,13-14H,5,8-11H2,1H3. The molecule has 0 unspecified atom stereocenters. The number of sulfonamides is 1. The molecular weight excluding hydrogens is 264 g/mol. The van der Waals surface area contributed by atoms with Crippen LogP contribution in [-0.2, 0) is 14.8 Å². The zero-order chi connectivity index (χ0) is 13.7. The second-order valence-electron chi connectivity index (χ2n) is 4.74. The molecule has 0 amide bonds. The summed E-state index contributed by atoms with van der Waals surface area (Å²) in [4.78, 5) is 2.13. The highest BCUT2D eigenvalue weighted by atomic mass is 32.2. The van der Waals surface area contributed by atoms with E-state index in [1.807, 2.05) is 18.2 Å². The molecule has 2 rings (SSSR count). The quantitative estimate of drug-likeness (QED) is 0.763. The van der Waals surface area contributed by atoms with Gasteiger partial charge in [0.05, 0.1) is 0 Å². The van der Waals surface area contributed by atoms with Gasteiger partial charge in [-0.2, -0.15) is 0 Å². The zero-order valence-corrected chi connectivity index (χ0v) is 11.9. The number of hydrogen-bond donors (Lipinski definition) is 1. The number of anilines is 1. The average Bonchev–Trinajstić information content (AvgIpc) is 2.32. The van der Waals surface area contributed by atoms with E-state index in [0.29, 0.717) is 18.8 Å². The molecule has 0 radical (unpaired) electrons. The lowest BCUT2D eigenvalue weighted by atomic mass is 10.2. The average molecular weight is 284 g/mol. The molecule has 5 nitrogen and oxygen atoms in total. The van der Waals surface area contributed by atoms with Crippen molar-refractivity contribution in [3.05, 3.63) is 30.3 Å². The Labute approximate surface area is 114 Å². The summed E-state index contributed by atoms with van der Waals surface area (Å²) < 4.78 is 31.8. The predicted molar refractivity (Wildman–Crippen MR) is 75.7 cm³/mol. The third-order valence-electron chi connectivity index (χ3n) is 3.22. The lowest BCUT2D eigenvalue weighted by Crippen LogP contribution is -2.56. The Bertz CT molecular complexity index is 484. The fraction of sp³-hybridized carbons (Fsp3) is 0.538. The number of hydrogen-bond acceptors (Lipinski definition) is 4. The number of para-hydroxylation sites is 1. The number of rotatable bonds is 7. The molecule has 1 heterocycles. The van der Waals surface area contributed by atoms with Crippen LogP contribution in [0.25, 0.3) is 0 Å². The molecule has 0 spiro atoms. The minimum absolute atomic E-state index is 0.310. The molecule has 0 aliphatic carbocycles. The van der Waals surface area contributed by atoms with Gasteiger partial charge in [0.25, 0.3) is 0 Å². The monoisotopic (exact) mass is 284 g/mol. The number of ether oxygens (including phenoxy) is 1. The lowest BCUT2D eigenvalue weighted by Gasteiger charge is -2.38. The molecule has 1 fully saturated rings. The van der Waals surface area contributed by atoms with Crippen molar-refractivity contribution in [3.63, 3.8) is 0 Å². The van der Waals surface area contributed by atoms with Crippen LogP contribution in [0.1, 0.15) is 6.42 Å². The molecule has 0 bridgehead atoms. The van der Waals surface area contributed by atoms with Gasteiger partial charge in [0.2, 0.25) is 10.0 Å². The van der Waals surface area contributed by atoms with Crippen LogP contribution in [-0.4, -0.2) is 51.9 Å². The molecule has 1 aromatic carbocycles. The Hall–Kier alpha value is -1.11. The summed E-state index contributed by atoms with van der Waals surface area (Å²) >= 11 is 0. The minimum Gasteiger partial charge on any atom is -0.385 e. The normalized spacial score (nSPS) is 17.1. The van der Waals surface area contributed by atoms with E-state index in [1.54, 1.807) is 19.2 Å². The van der Waals surface area contributed by atoms with Crippen molar-refractivity contribution in [2.24, 2.45) is 0 Å². The van der Waals surface area contributed by atoms with Crippen LogP contribution in [0.2, 0.25) is 0 Å². The van der Waals surface area contributed by atoms with E-state index < -0.39 is 10.0 Å². The molecule has 0 atom stereocenters. The van der Waals surface area contributed by atoms with Crippen molar-refractivity contribution in [2.75, 3.05) is 38.1 Å². The molecule has 6 heteroatoms. The van der Waals surface area contributed by atoms with Gasteiger partial charge in [-0.25, -0.2) is 8.42 Å². The van der Waals surface area contributed by atoms with Gasteiger partial charge in [-0.05, 0) is 18.6 Å². The summed E-state index contributed by atoms with van der Waals surface area (Å²) in [6, 6.07) is 9.00. The minimum atomic E-state index is -3.26. The van der Waals surface area contributed by atoms with Gasteiger partial charge in [0, 0.05) is 39.0 Å². The Kier molecular flexibility index (Phi) is 4.79.